The Balaban J connectivity index is 1.67. The Morgan fingerprint density at radius 1 is 1.14 bits per heavy atom. The van der Waals surface area contributed by atoms with Gasteiger partial charge in [-0.3, -0.25) is 9.59 Å². The van der Waals surface area contributed by atoms with E-state index in [0.717, 1.165) is 23.9 Å². The van der Waals surface area contributed by atoms with Gasteiger partial charge in [0.05, 0.1) is 22.8 Å². The predicted octanol–water partition coefficient (Wildman–Crippen LogP) is 4.19. The molecule has 3 aromatic rings. The molecule has 4 N–H and O–H groups in total. The van der Waals surface area contributed by atoms with Crippen LogP contribution in [0.1, 0.15) is 50.1 Å². The van der Waals surface area contributed by atoms with E-state index in [1.165, 1.54) is 6.20 Å². The van der Waals surface area contributed by atoms with E-state index in [2.05, 4.69) is 35.9 Å². The van der Waals surface area contributed by atoms with Gasteiger partial charge in [0.25, 0.3) is 11.8 Å². The van der Waals surface area contributed by atoms with Gasteiger partial charge in [-0.15, -0.1) is 11.3 Å². The second-order valence-electron chi connectivity index (χ2n) is 7.15. The molecule has 0 radical (unpaired) electrons. The summed E-state index contributed by atoms with van der Waals surface area (Å²) in [4.78, 5) is 40.9. The number of alkyl halides is 3. The number of carbonyl (C=O) groups is 2. The van der Waals surface area contributed by atoms with Gasteiger partial charge in [-0.2, -0.15) is 13.2 Å². The summed E-state index contributed by atoms with van der Waals surface area (Å²) in [5.74, 6) is -1.46. The minimum absolute atomic E-state index is 0.00645. The number of anilines is 2. The molecule has 0 saturated heterocycles. The lowest BCUT2D eigenvalue weighted by atomic mass is 10.2. The van der Waals surface area contributed by atoms with Gasteiger partial charge in [0.2, 0.25) is 0 Å². The van der Waals surface area contributed by atoms with Crippen LogP contribution >= 0.6 is 34.5 Å². The molecule has 1 unspecified atom stereocenters. The van der Waals surface area contributed by atoms with Gasteiger partial charge < -0.3 is 21.1 Å². The summed E-state index contributed by atoms with van der Waals surface area (Å²) in [6.45, 7) is 1.97. The number of pyridine rings is 1. The molecule has 2 amide bonds. The van der Waals surface area contributed by atoms with Crippen molar-refractivity contribution < 1.29 is 27.9 Å². The van der Waals surface area contributed by atoms with E-state index in [1.807, 2.05) is 0 Å². The molecule has 10 nitrogen and oxygen atoms in total. The molecule has 16 heteroatoms. The number of halogens is 5. The summed E-state index contributed by atoms with van der Waals surface area (Å²) in [6.07, 6.45) is -1.08. The SMILES string of the molecule is CC(NC(=O)c1ncnc(NCCCO)c1Cl)c1ncc(C(=O)Nc2cc(C(F)(F)F)c(Cl)cn2)s1. The second-order valence-corrected chi connectivity index (χ2v) is 9.00. The van der Waals surface area contributed by atoms with Crippen molar-refractivity contribution in [3.05, 3.63) is 56.0 Å². The Morgan fingerprint density at radius 2 is 1.89 bits per heavy atom. The normalized spacial score (nSPS) is 12.2. The van der Waals surface area contributed by atoms with Gasteiger partial charge in [0, 0.05) is 19.3 Å². The lowest BCUT2D eigenvalue weighted by Gasteiger charge is -2.13. The van der Waals surface area contributed by atoms with Crippen LogP contribution in [0.4, 0.5) is 24.8 Å². The standard InChI is InChI=1S/C20H18Cl2F3N7O3S/c1-9(31-18(35)15-14(22)16(30-8-29-15)26-3-2-4-33)19-28-7-12(36-19)17(34)32-13-5-10(20(23,24)25)11(21)6-27-13/h5-9,33H,2-4H2,1H3,(H,31,35)(H,26,29,30)(H,27,32,34). The zero-order valence-electron chi connectivity index (χ0n) is 18.4. The summed E-state index contributed by atoms with van der Waals surface area (Å²) in [7, 11) is 0. The van der Waals surface area contributed by atoms with Crippen LogP contribution in [-0.2, 0) is 6.18 Å². The number of aromatic nitrogens is 4. The van der Waals surface area contributed by atoms with E-state index >= 15 is 0 Å². The fourth-order valence-corrected chi connectivity index (χ4v) is 4.04. The molecule has 3 heterocycles. The average molecular weight is 564 g/mol. The third kappa shape index (κ3) is 6.78. The van der Waals surface area contributed by atoms with E-state index in [0.29, 0.717) is 24.0 Å². The molecule has 0 aliphatic heterocycles. The molecule has 0 saturated carbocycles. The van der Waals surface area contributed by atoms with Gasteiger partial charge in [-0.25, -0.2) is 19.9 Å². The van der Waals surface area contributed by atoms with Crippen LogP contribution in [-0.4, -0.2) is 50.0 Å². The third-order valence-electron chi connectivity index (χ3n) is 4.50. The lowest BCUT2D eigenvalue weighted by molar-refractivity contribution is -0.137. The van der Waals surface area contributed by atoms with E-state index < -0.39 is 34.6 Å². The van der Waals surface area contributed by atoms with Gasteiger partial charge in [0.15, 0.2) is 5.69 Å². The number of hydrogen-bond acceptors (Lipinski definition) is 9. The summed E-state index contributed by atoms with van der Waals surface area (Å²) in [6, 6.07) is -0.0324. The summed E-state index contributed by atoms with van der Waals surface area (Å²) >= 11 is 12.7. The Labute approximate surface area is 216 Å². The van der Waals surface area contributed by atoms with Crippen LogP contribution in [0, 0.1) is 0 Å². The Kier molecular flexibility index (Phi) is 9.00. The van der Waals surface area contributed by atoms with E-state index in [9.17, 15) is 22.8 Å². The van der Waals surface area contributed by atoms with Crippen LogP contribution in [0.2, 0.25) is 10.0 Å². The molecular formula is C20H18Cl2F3N7O3S. The number of carbonyl (C=O) groups excluding carboxylic acids is 2. The maximum atomic E-state index is 13.0. The second kappa shape index (κ2) is 11.8. The molecule has 3 aromatic heterocycles. The number of nitrogens with zero attached hydrogens (tertiary/aromatic N) is 4. The monoisotopic (exact) mass is 563 g/mol. The van der Waals surface area contributed by atoms with Crippen LogP contribution in [0.25, 0.3) is 0 Å². The van der Waals surface area contributed by atoms with Crippen molar-refractivity contribution in [1.82, 2.24) is 25.3 Å². The fraction of sp³-hybridized carbons (Fsp3) is 0.300. The number of rotatable bonds is 9. The smallest absolute Gasteiger partial charge is 0.396 e. The van der Waals surface area contributed by atoms with E-state index in [1.54, 1.807) is 6.92 Å². The number of thiazole rings is 1. The zero-order valence-corrected chi connectivity index (χ0v) is 20.7. The maximum Gasteiger partial charge on any atom is 0.418 e. The largest absolute Gasteiger partial charge is 0.418 e. The average Bonchev–Trinajstić information content (AvgIpc) is 3.31. The van der Waals surface area contributed by atoms with Crippen LogP contribution in [0.15, 0.2) is 24.8 Å². The lowest BCUT2D eigenvalue weighted by Crippen LogP contribution is -2.28. The fourth-order valence-electron chi connectivity index (χ4n) is 2.76. The van der Waals surface area contributed by atoms with Crippen molar-refractivity contribution in [3.8, 4) is 0 Å². The van der Waals surface area contributed by atoms with Crippen LogP contribution in [0.3, 0.4) is 0 Å². The van der Waals surface area contributed by atoms with Crippen molar-refractivity contribution >= 4 is 58.0 Å². The summed E-state index contributed by atoms with van der Waals surface area (Å²) < 4.78 is 39.1. The number of hydrogen-bond donors (Lipinski definition) is 4. The number of aliphatic hydroxyl groups excluding tert-OH is 1. The topological polar surface area (TPSA) is 142 Å². The molecule has 0 aliphatic rings. The van der Waals surface area contributed by atoms with Gasteiger partial charge in [-0.1, -0.05) is 23.2 Å². The van der Waals surface area contributed by atoms with Crippen LogP contribution < -0.4 is 16.0 Å². The minimum Gasteiger partial charge on any atom is -0.396 e. The summed E-state index contributed by atoms with van der Waals surface area (Å²) in [5, 5.41) is 16.4. The molecular weight excluding hydrogens is 546 g/mol. The highest BCUT2D eigenvalue weighted by atomic mass is 35.5. The zero-order chi connectivity index (χ0) is 26.5. The van der Waals surface area contributed by atoms with Crippen molar-refractivity contribution in [2.24, 2.45) is 0 Å². The quantitative estimate of drug-likeness (QED) is 0.284. The number of nitrogens with one attached hydrogen (secondary N) is 3. The minimum atomic E-state index is -4.71. The highest BCUT2D eigenvalue weighted by Gasteiger charge is 2.34. The molecule has 0 aliphatic carbocycles. The van der Waals surface area contributed by atoms with E-state index in [4.69, 9.17) is 28.3 Å². The predicted molar refractivity (Wildman–Crippen MR) is 127 cm³/mol. The van der Waals surface area contributed by atoms with Gasteiger partial charge >= 0.3 is 6.18 Å². The van der Waals surface area contributed by atoms with Crippen molar-refractivity contribution in [3.63, 3.8) is 0 Å². The molecule has 0 spiro atoms. The Bertz CT molecular complexity index is 1260. The molecule has 0 aromatic carbocycles. The number of aliphatic hydroxyl groups is 1. The first-order valence-electron chi connectivity index (χ1n) is 10.2. The molecule has 0 fully saturated rings. The first kappa shape index (κ1) is 27.5. The molecule has 3 rings (SSSR count). The van der Waals surface area contributed by atoms with Crippen molar-refractivity contribution in [2.45, 2.75) is 25.6 Å². The van der Waals surface area contributed by atoms with E-state index in [-0.39, 0.29) is 33.8 Å². The third-order valence-corrected chi connectivity index (χ3v) is 6.34. The Morgan fingerprint density at radius 3 is 2.58 bits per heavy atom. The van der Waals surface area contributed by atoms with Gasteiger partial charge in [-0.05, 0) is 19.4 Å². The first-order valence-corrected chi connectivity index (χ1v) is 11.7. The highest BCUT2D eigenvalue weighted by molar-refractivity contribution is 7.13. The first-order chi connectivity index (χ1) is 17.0. The molecule has 36 heavy (non-hydrogen) atoms. The van der Waals surface area contributed by atoms with Gasteiger partial charge in [0.1, 0.15) is 32.9 Å². The maximum absolute atomic E-state index is 13.0. The molecule has 0 bridgehead atoms. The van der Waals surface area contributed by atoms with Crippen molar-refractivity contribution in [1.29, 1.82) is 0 Å². The molecule has 1 atom stereocenters. The van der Waals surface area contributed by atoms with Crippen molar-refractivity contribution in [2.75, 3.05) is 23.8 Å². The number of amides is 2. The summed E-state index contributed by atoms with van der Waals surface area (Å²) in [5.41, 5.74) is -1.22. The Hall–Kier alpha value is -3.07. The highest BCUT2D eigenvalue weighted by Crippen LogP contribution is 2.35. The molecule has 192 valence electrons. The van der Waals surface area contributed by atoms with Crippen LogP contribution in [0.5, 0.6) is 0 Å².